The number of benzene rings is 2. The molecule has 2 aromatic rings. The number of alkyl halides is 3. The molecule has 0 radical (unpaired) electrons. The first-order valence-corrected chi connectivity index (χ1v) is 10.1. The van der Waals surface area contributed by atoms with Crippen molar-refractivity contribution in [3.8, 4) is 0 Å². The van der Waals surface area contributed by atoms with E-state index in [1.807, 2.05) is 19.1 Å². The van der Waals surface area contributed by atoms with Crippen molar-refractivity contribution in [2.75, 3.05) is 19.6 Å². The molecule has 29 heavy (non-hydrogen) atoms. The minimum absolute atomic E-state index is 0.0910. The smallest absolute Gasteiger partial charge is 0.356 e. The molecule has 0 unspecified atom stereocenters. The van der Waals surface area contributed by atoms with Crippen LogP contribution in [0.5, 0.6) is 0 Å². The molecule has 3 rings (SSSR count). The predicted molar refractivity (Wildman–Crippen MR) is 107 cm³/mol. The summed E-state index contributed by atoms with van der Waals surface area (Å²) in [6.07, 6.45) is -2.08. The predicted octanol–water partition coefficient (Wildman–Crippen LogP) is 4.45. The molecule has 1 N–H and O–H groups in total. The van der Waals surface area contributed by atoms with Gasteiger partial charge in [0, 0.05) is 26.2 Å². The van der Waals surface area contributed by atoms with Gasteiger partial charge in [0.2, 0.25) is 5.91 Å². The van der Waals surface area contributed by atoms with Crippen LogP contribution >= 0.6 is 0 Å². The maximum Gasteiger partial charge on any atom is 0.416 e. The molecule has 3 nitrogen and oxygen atoms in total. The molecule has 0 atom stereocenters. The minimum Gasteiger partial charge on any atom is -0.356 e. The van der Waals surface area contributed by atoms with E-state index in [0.717, 1.165) is 44.2 Å². The van der Waals surface area contributed by atoms with Crippen molar-refractivity contribution < 1.29 is 18.0 Å². The van der Waals surface area contributed by atoms with Gasteiger partial charge in [0.05, 0.1) is 11.5 Å². The van der Waals surface area contributed by atoms with Crippen LogP contribution in [-0.2, 0) is 30.4 Å². The third-order valence-corrected chi connectivity index (χ3v) is 5.26. The summed E-state index contributed by atoms with van der Waals surface area (Å²) in [7, 11) is 0. The van der Waals surface area contributed by atoms with Gasteiger partial charge < -0.3 is 5.32 Å². The highest BCUT2D eigenvalue weighted by Gasteiger charge is 2.32. The molecule has 6 heteroatoms. The normalized spacial score (nSPS) is 15.2. The van der Waals surface area contributed by atoms with Crippen molar-refractivity contribution in [2.45, 2.75) is 38.9 Å². The molecule has 1 aliphatic rings. The van der Waals surface area contributed by atoms with E-state index in [9.17, 15) is 18.0 Å². The van der Waals surface area contributed by atoms with Crippen LogP contribution in [0.15, 0.2) is 48.5 Å². The molecule has 0 aliphatic carbocycles. The third-order valence-electron chi connectivity index (χ3n) is 5.26. The lowest BCUT2D eigenvalue weighted by atomic mass is 9.97. The first kappa shape index (κ1) is 21.4. The van der Waals surface area contributed by atoms with Crippen molar-refractivity contribution in [3.05, 3.63) is 70.8 Å². The number of halogens is 3. The van der Waals surface area contributed by atoms with Crippen molar-refractivity contribution in [1.29, 1.82) is 0 Å². The number of carbonyl (C=O) groups excluding carboxylic acids is 1. The molecule has 1 heterocycles. The molecular formula is C23H27F3N2O. The van der Waals surface area contributed by atoms with Crippen LogP contribution < -0.4 is 5.32 Å². The number of nitrogens with one attached hydrogen (secondary N) is 1. The van der Waals surface area contributed by atoms with Crippen LogP contribution in [0, 0.1) is 5.92 Å². The van der Waals surface area contributed by atoms with E-state index in [1.54, 1.807) is 6.07 Å². The molecule has 1 fully saturated rings. The molecule has 0 spiro atoms. The standard InChI is InChI=1S/C23H27F3N2O/c1-2-12-27-22(29)20-15-28(16-20)14-19-10-7-17(8-11-19)6-9-18-4-3-5-21(13-18)23(24,25)26/h3-5,7-8,10-11,13,20H,2,6,9,12,14-16H2,1H3,(H,27,29). The number of hydrogen-bond donors (Lipinski definition) is 1. The quantitative estimate of drug-likeness (QED) is 0.705. The average Bonchev–Trinajstić information content (AvgIpc) is 2.67. The molecule has 2 aromatic carbocycles. The van der Waals surface area contributed by atoms with Gasteiger partial charge in [0.15, 0.2) is 0 Å². The Morgan fingerprint density at radius 3 is 2.34 bits per heavy atom. The summed E-state index contributed by atoms with van der Waals surface area (Å²) in [5.41, 5.74) is 2.38. The second kappa shape index (κ2) is 9.44. The molecule has 1 saturated heterocycles. The largest absolute Gasteiger partial charge is 0.416 e. The number of likely N-dealkylation sites (tertiary alicyclic amines) is 1. The zero-order valence-corrected chi connectivity index (χ0v) is 16.6. The summed E-state index contributed by atoms with van der Waals surface area (Å²) >= 11 is 0. The van der Waals surface area contributed by atoms with Crippen LogP contribution in [0.3, 0.4) is 0 Å². The second-order valence-corrected chi connectivity index (χ2v) is 7.70. The monoisotopic (exact) mass is 404 g/mol. The summed E-state index contributed by atoms with van der Waals surface area (Å²) in [5.74, 6) is 0.237. The minimum atomic E-state index is -4.30. The Hall–Kier alpha value is -2.34. The molecule has 0 bridgehead atoms. The van der Waals surface area contributed by atoms with Crippen LogP contribution in [0.25, 0.3) is 0 Å². The molecule has 0 saturated carbocycles. The first-order chi connectivity index (χ1) is 13.8. The summed E-state index contributed by atoms with van der Waals surface area (Å²) in [5, 5.41) is 2.94. The second-order valence-electron chi connectivity index (χ2n) is 7.70. The van der Waals surface area contributed by atoms with Gasteiger partial charge in [0.1, 0.15) is 0 Å². The maximum atomic E-state index is 12.8. The molecule has 156 valence electrons. The lowest BCUT2D eigenvalue weighted by Crippen LogP contribution is -2.53. The summed E-state index contributed by atoms with van der Waals surface area (Å²) in [6.45, 7) is 5.15. The van der Waals surface area contributed by atoms with E-state index in [2.05, 4.69) is 22.3 Å². The van der Waals surface area contributed by atoms with E-state index in [0.29, 0.717) is 18.4 Å². The van der Waals surface area contributed by atoms with Gasteiger partial charge in [-0.25, -0.2) is 0 Å². The lowest BCUT2D eigenvalue weighted by Gasteiger charge is -2.38. The van der Waals surface area contributed by atoms with Gasteiger partial charge in [0.25, 0.3) is 0 Å². The molecular weight excluding hydrogens is 377 g/mol. The summed E-state index contributed by atoms with van der Waals surface area (Å²) < 4.78 is 38.4. The number of hydrogen-bond acceptors (Lipinski definition) is 2. The Morgan fingerprint density at radius 2 is 1.69 bits per heavy atom. The highest BCUT2D eigenvalue weighted by Crippen LogP contribution is 2.29. The average molecular weight is 404 g/mol. The fourth-order valence-corrected chi connectivity index (χ4v) is 3.52. The highest BCUT2D eigenvalue weighted by atomic mass is 19.4. The topological polar surface area (TPSA) is 32.3 Å². The van der Waals surface area contributed by atoms with E-state index >= 15 is 0 Å². The SMILES string of the molecule is CCCNC(=O)C1CN(Cc2ccc(CCc3cccc(C(F)(F)F)c3)cc2)C1. The number of aryl methyl sites for hydroxylation is 2. The Morgan fingerprint density at radius 1 is 1.03 bits per heavy atom. The number of rotatable bonds is 8. The fourth-order valence-electron chi connectivity index (χ4n) is 3.52. The van der Waals surface area contributed by atoms with Gasteiger partial charge in [-0.2, -0.15) is 13.2 Å². The number of carbonyl (C=O) groups is 1. The van der Waals surface area contributed by atoms with Crippen LogP contribution in [-0.4, -0.2) is 30.4 Å². The van der Waals surface area contributed by atoms with Crippen molar-refractivity contribution in [3.63, 3.8) is 0 Å². The molecule has 1 amide bonds. The van der Waals surface area contributed by atoms with Crippen LogP contribution in [0.2, 0.25) is 0 Å². The lowest BCUT2D eigenvalue weighted by molar-refractivity contribution is -0.137. The van der Waals surface area contributed by atoms with E-state index in [-0.39, 0.29) is 11.8 Å². The van der Waals surface area contributed by atoms with Crippen molar-refractivity contribution in [1.82, 2.24) is 10.2 Å². The van der Waals surface area contributed by atoms with E-state index < -0.39 is 11.7 Å². The van der Waals surface area contributed by atoms with E-state index in [4.69, 9.17) is 0 Å². The Kier molecular flexibility index (Phi) is 6.96. The maximum absolute atomic E-state index is 12.8. The number of nitrogens with zero attached hydrogens (tertiary/aromatic N) is 1. The fraction of sp³-hybridized carbons (Fsp3) is 0.435. The van der Waals surface area contributed by atoms with Crippen molar-refractivity contribution in [2.24, 2.45) is 5.92 Å². The van der Waals surface area contributed by atoms with Crippen molar-refractivity contribution >= 4 is 5.91 Å². The molecule has 1 aliphatic heterocycles. The molecule has 0 aromatic heterocycles. The highest BCUT2D eigenvalue weighted by molar-refractivity contribution is 5.79. The number of amides is 1. The Labute approximate surface area is 169 Å². The third kappa shape index (κ3) is 6.07. The van der Waals surface area contributed by atoms with Crippen LogP contribution in [0.1, 0.15) is 35.6 Å². The van der Waals surface area contributed by atoms with Gasteiger partial charge in [-0.1, -0.05) is 49.4 Å². The van der Waals surface area contributed by atoms with Gasteiger partial charge >= 0.3 is 6.18 Å². The summed E-state index contributed by atoms with van der Waals surface area (Å²) in [4.78, 5) is 14.1. The Bertz CT molecular complexity index is 812. The summed E-state index contributed by atoms with van der Waals surface area (Å²) in [6, 6.07) is 13.7. The zero-order chi connectivity index (χ0) is 20.9. The van der Waals surface area contributed by atoms with Gasteiger partial charge in [-0.15, -0.1) is 0 Å². The van der Waals surface area contributed by atoms with Gasteiger partial charge in [-0.3, -0.25) is 9.69 Å². The van der Waals surface area contributed by atoms with E-state index in [1.165, 1.54) is 17.7 Å². The first-order valence-electron chi connectivity index (χ1n) is 10.1. The zero-order valence-electron chi connectivity index (χ0n) is 16.6. The Balaban J connectivity index is 1.45. The van der Waals surface area contributed by atoms with Crippen LogP contribution in [0.4, 0.5) is 13.2 Å². The van der Waals surface area contributed by atoms with Gasteiger partial charge in [-0.05, 0) is 42.0 Å².